The van der Waals surface area contributed by atoms with Gasteiger partial charge in [-0.1, -0.05) is 0 Å². The van der Waals surface area contributed by atoms with Gasteiger partial charge in [0.05, 0.1) is 7.45 Å². The third kappa shape index (κ3) is 1.45. The molecule has 0 radical (unpaired) electrons. The number of piperidine rings is 1. The Morgan fingerprint density at radius 3 is 3.57 bits per heavy atom. The molecule has 0 aromatic carbocycles. The second-order valence-corrected chi connectivity index (χ2v) is 1.05. The van der Waals surface area contributed by atoms with Crippen LogP contribution in [0.3, 0.4) is 0 Å². The van der Waals surface area contributed by atoms with Gasteiger partial charge in [-0.3, -0.25) is 0 Å². The van der Waals surface area contributed by atoms with Crippen molar-refractivity contribution in [1.82, 2.24) is 5.32 Å². The zero-order valence-corrected chi connectivity index (χ0v) is 3.52. The fourth-order valence-electron chi connectivity index (χ4n) is 0.272. The predicted octanol–water partition coefficient (Wildman–Crippen LogP) is -0.269. The molecule has 1 rings (SSSR count). The topological polar surface area (TPSA) is 32.3 Å². The molecule has 0 aromatic rings. The molecule has 2 nitrogen and oxygen atoms in total. The Morgan fingerprint density at radius 1 is 1.86 bits per heavy atom. The first-order valence-corrected chi connectivity index (χ1v) is 1.80. The molecule has 1 fully saturated rings. The van der Waals surface area contributed by atoms with Crippen molar-refractivity contribution in [3.63, 3.8) is 0 Å². The van der Waals surface area contributed by atoms with Crippen molar-refractivity contribution in [2.24, 2.45) is 0 Å². The van der Waals surface area contributed by atoms with Crippen LogP contribution in [-0.2, 0) is 0 Å². The normalized spacial score (nSPS) is 92.4. The summed E-state index contributed by atoms with van der Waals surface area (Å²) >= 11 is 0. The number of rotatable bonds is 0. The van der Waals surface area contributed by atoms with Gasteiger partial charge in [0.1, 0.15) is 0 Å². The smallest absolute Gasteiger partial charge is 0.0601 e. The van der Waals surface area contributed by atoms with E-state index in [0.717, 1.165) is 0 Å². The number of hydrogen-bond acceptors (Lipinski definition) is 2. The van der Waals surface area contributed by atoms with E-state index in [9.17, 15) is 5.11 Å². The molecule has 2 N–H and O–H groups in total. The Bertz CT molecular complexity index is 276. The molecule has 0 spiro atoms. The predicted molar refractivity (Wildman–Crippen MR) is 28.1 cm³/mol. The highest BCUT2D eigenvalue weighted by Gasteiger charge is 2.06. The van der Waals surface area contributed by atoms with Gasteiger partial charge in [0.15, 0.2) is 0 Å². The van der Waals surface area contributed by atoms with Gasteiger partial charge in [-0.05, 0) is 25.8 Å². The number of nitrogens with one attached hydrogen (secondary N) is 1. The Labute approximate surface area is 54.8 Å². The van der Waals surface area contributed by atoms with E-state index >= 15 is 0 Å². The first-order valence-electron chi connectivity index (χ1n) is 5.88. The average molecular weight is 109 g/mol. The highest BCUT2D eigenvalue weighted by molar-refractivity contribution is 4.65. The van der Waals surface area contributed by atoms with Crippen molar-refractivity contribution in [2.75, 3.05) is 13.0 Å². The maximum absolute atomic E-state index is 9.43. The average Bonchev–Trinajstić information content (AvgIpc) is 1.98. The van der Waals surface area contributed by atoms with Crippen molar-refractivity contribution in [1.29, 1.82) is 0 Å². The van der Waals surface area contributed by atoms with Crippen molar-refractivity contribution in [3.05, 3.63) is 0 Å². The van der Waals surface area contributed by atoms with E-state index in [0.29, 0.717) is 0 Å². The summed E-state index contributed by atoms with van der Waals surface area (Å²) in [5, 5.41) is 11.1. The van der Waals surface area contributed by atoms with E-state index in [1.807, 2.05) is 0 Å². The molecule has 0 amide bonds. The van der Waals surface area contributed by atoms with Gasteiger partial charge in [0.2, 0.25) is 0 Å². The second-order valence-electron chi connectivity index (χ2n) is 1.05. The molecule has 1 aliphatic rings. The summed E-state index contributed by atoms with van der Waals surface area (Å²) in [6.45, 7) is -5.60. The minimum absolute atomic E-state index is 1.65. The molecule has 1 saturated heterocycles. The lowest BCUT2D eigenvalue weighted by atomic mass is 10.1. The van der Waals surface area contributed by atoms with Gasteiger partial charge in [0, 0.05) is 9.60 Å². The quantitative estimate of drug-likeness (QED) is 0.449. The van der Waals surface area contributed by atoms with Crippen LogP contribution in [0.1, 0.15) is 23.7 Å². The summed E-state index contributed by atoms with van der Waals surface area (Å²) in [5.41, 5.74) is 0. The van der Waals surface area contributed by atoms with E-state index in [4.69, 9.17) is 11.0 Å². The summed E-state index contributed by atoms with van der Waals surface area (Å²) in [6, 6.07) is 0. The van der Waals surface area contributed by atoms with Crippen LogP contribution in [0, 0.1) is 0 Å². The van der Waals surface area contributed by atoms with Crippen molar-refractivity contribution in [2.45, 2.75) is 18.8 Å². The molecule has 42 valence electrons. The van der Waals surface area contributed by atoms with Crippen LogP contribution in [0.5, 0.6) is 0 Å². The van der Waals surface area contributed by atoms with E-state index < -0.39 is 31.8 Å². The molecular formula is C5H11NO. The Kier molecular flexibility index (Phi) is 0.356. The van der Waals surface area contributed by atoms with Crippen molar-refractivity contribution < 1.29 is 16.1 Å². The lowest BCUT2D eigenvalue weighted by Gasteiger charge is -2.16. The van der Waals surface area contributed by atoms with Gasteiger partial charge in [-0.25, -0.2) is 0 Å². The van der Waals surface area contributed by atoms with E-state index in [-0.39, 0.29) is 0 Å². The van der Waals surface area contributed by atoms with Crippen LogP contribution in [0.15, 0.2) is 0 Å². The SMILES string of the molecule is [2H]C1C([2H])([2H])NC([2H])([2H])C([2H])([2H])C1([2H])O. The van der Waals surface area contributed by atoms with Gasteiger partial charge in [-0.2, -0.15) is 0 Å². The van der Waals surface area contributed by atoms with E-state index in [1.165, 1.54) is 0 Å². The van der Waals surface area contributed by atoms with Crippen LogP contribution in [0.25, 0.3) is 0 Å². The van der Waals surface area contributed by atoms with Crippen molar-refractivity contribution >= 4 is 0 Å². The summed E-state index contributed by atoms with van der Waals surface area (Å²) in [7, 11) is 0. The van der Waals surface area contributed by atoms with Gasteiger partial charge in [0.25, 0.3) is 0 Å². The third-order valence-electron chi connectivity index (χ3n) is 0.534. The third-order valence-corrected chi connectivity index (χ3v) is 0.534. The summed E-state index contributed by atoms with van der Waals surface area (Å²) < 4.78 is 57.8. The highest BCUT2D eigenvalue weighted by Crippen LogP contribution is 1.99. The molecule has 2 atom stereocenters. The van der Waals surface area contributed by atoms with Gasteiger partial charge >= 0.3 is 0 Å². The minimum Gasteiger partial charge on any atom is -0.393 e. The van der Waals surface area contributed by atoms with Crippen LogP contribution < -0.4 is 5.32 Å². The number of hydrogen-bond donors (Lipinski definition) is 2. The summed E-state index contributed by atoms with van der Waals surface area (Å²) in [6.07, 6.45) is -8.40. The Balaban J connectivity index is 3.27. The van der Waals surface area contributed by atoms with Gasteiger partial charge in [-0.15, -0.1) is 0 Å². The van der Waals surface area contributed by atoms with Crippen LogP contribution >= 0.6 is 0 Å². The van der Waals surface area contributed by atoms with Gasteiger partial charge < -0.3 is 10.4 Å². The number of aliphatic hydroxyl groups is 1. The largest absolute Gasteiger partial charge is 0.393 e. The van der Waals surface area contributed by atoms with E-state index in [2.05, 4.69) is 0 Å². The lowest BCUT2D eigenvalue weighted by molar-refractivity contribution is 0.137. The van der Waals surface area contributed by atoms with Crippen LogP contribution in [0.2, 0.25) is 0 Å². The van der Waals surface area contributed by atoms with Crippen molar-refractivity contribution in [3.8, 4) is 0 Å². The molecule has 0 bridgehead atoms. The maximum atomic E-state index is 9.43. The molecule has 0 aliphatic carbocycles. The molecule has 2 unspecified atom stereocenters. The fraction of sp³-hybridized carbons (Fsp3) is 1.00. The molecule has 0 saturated carbocycles. The molecule has 1 aliphatic heterocycles. The first-order chi connectivity index (χ1) is 6.36. The first kappa shape index (κ1) is 1.09. The summed E-state index contributed by atoms with van der Waals surface area (Å²) in [4.78, 5) is 0. The molecular weight excluding hydrogens is 90.1 g/mol. The zero-order valence-electron chi connectivity index (χ0n) is 11.5. The highest BCUT2D eigenvalue weighted by atomic mass is 16.3. The zero-order chi connectivity index (χ0) is 12.3. The molecule has 0 aromatic heterocycles. The van der Waals surface area contributed by atoms with Crippen LogP contribution in [0.4, 0.5) is 0 Å². The second kappa shape index (κ2) is 2.28. The molecule has 2 heteroatoms. The maximum Gasteiger partial charge on any atom is 0.0601 e. The Hall–Kier alpha value is -0.0800. The molecule has 7 heavy (non-hydrogen) atoms. The fourth-order valence-corrected chi connectivity index (χ4v) is 0.272. The molecule has 1 heterocycles. The van der Waals surface area contributed by atoms with E-state index in [1.54, 1.807) is 5.32 Å². The monoisotopic (exact) mass is 109 g/mol. The Morgan fingerprint density at radius 2 is 2.71 bits per heavy atom. The lowest BCUT2D eigenvalue weighted by Crippen LogP contribution is -2.30. The standard InChI is InChI=1S/C5H11NO/c7-5-1-3-6-4-2-5/h5-7H,1-4H2/i1D,2D2,3D2,4D2,5D. The van der Waals surface area contributed by atoms with Crippen LogP contribution in [-0.4, -0.2) is 24.2 Å². The minimum atomic E-state index is -3.16. The summed E-state index contributed by atoms with van der Waals surface area (Å²) in [5.74, 6) is 0.